The molecule has 0 saturated heterocycles. The number of nitrogens with zero attached hydrogens (tertiary/aromatic N) is 3. The lowest BCUT2D eigenvalue weighted by Crippen LogP contribution is -2.27. The predicted octanol–water partition coefficient (Wildman–Crippen LogP) is 1.38. The Bertz CT molecular complexity index is 714. The number of hydrogen-bond acceptors (Lipinski definition) is 4. The zero-order valence-electron chi connectivity index (χ0n) is 9.74. The van der Waals surface area contributed by atoms with Crippen molar-refractivity contribution >= 4 is 20.9 Å². The van der Waals surface area contributed by atoms with E-state index in [0.717, 1.165) is 9.69 Å². The molecule has 1 heterocycles. The van der Waals surface area contributed by atoms with E-state index in [1.54, 1.807) is 30.5 Å². The average molecular weight is 261 g/mol. The second-order valence-corrected chi connectivity index (χ2v) is 5.76. The van der Waals surface area contributed by atoms with Gasteiger partial charge in [0.25, 0.3) is 0 Å². The molecule has 0 fully saturated rings. The number of nitriles is 1. The zero-order chi connectivity index (χ0) is 13.2. The monoisotopic (exact) mass is 261 g/mol. The summed E-state index contributed by atoms with van der Waals surface area (Å²) >= 11 is 0. The summed E-state index contributed by atoms with van der Waals surface area (Å²) in [5.74, 6) is 0. The summed E-state index contributed by atoms with van der Waals surface area (Å²) in [6.45, 7) is -0.189. The first-order chi connectivity index (χ1) is 8.57. The van der Waals surface area contributed by atoms with Gasteiger partial charge in [-0.3, -0.25) is 4.98 Å². The van der Waals surface area contributed by atoms with Gasteiger partial charge >= 0.3 is 0 Å². The standard InChI is InChI=1S/C12H11N3O2S/c1-15(9-7-13)18(16,17)11-6-2-4-10-5-3-8-14-12(10)11/h2-6,8H,9H2,1H3. The van der Waals surface area contributed by atoms with Crippen LogP contribution in [-0.4, -0.2) is 31.3 Å². The first-order valence-electron chi connectivity index (χ1n) is 5.24. The molecule has 0 atom stereocenters. The molecule has 18 heavy (non-hydrogen) atoms. The minimum atomic E-state index is -3.68. The van der Waals surface area contributed by atoms with Crippen LogP contribution in [0.3, 0.4) is 0 Å². The molecular formula is C12H11N3O2S. The lowest BCUT2D eigenvalue weighted by molar-refractivity contribution is 0.502. The molecule has 0 aliphatic carbocycles. The van der Waals surface area contributed by atoms with E-state index in [1.807, 2.05) is 6.07 Å². The SMILES string of the molecule is CN(CC#N)S(=O)(=O)c1cccc2cccnc12. The van der Waals surface area contributed by atoms with Crippen molar-refractivity contribution < 1.29 is 8.42 Å². The lowest BCUT2D eigenvalue weighted by atomic mass is 10.2. The molecule has 6 heteroatoms. The Labute approximate surface area is 105 Å². The molecule has 0 amide bonds. The number of hydrogen-bond donors (Lipinski definition) is 0. The van der Waals surface area contributed by atoms with E-state index < -0.39 is 10.0 Å². The molecule has 5 nitrogen and oxygen atoms in total. The Kier molecular flexibility index (Phi) is 3.28. The molecule has 1 aromatic heterocycles. The van der Waals surface area contributed by atoms with Crippen LogP contribution in [0.15, 0.2) is 41.4 Å². The normalized spacial score (nSPS) is 11.6. The molecule has 0 unspecified atom stereocenters. The maximum absolute atomic E-state index is 12.3. The third-order valence-electron chi connectivity index (χ3n) is 2.58. The van der Waals surface area contributed by atoms with Crippen LogP contribution >= 0.6 is 0 Å². The van der Waals surface area contributed by atoms with E-state index in [9.17, 15) is 8.42 Å². The van der Waals surface area contributed by atoms with E-state index in [0.29, 0.717) is 5.52 Å². The van der Waals surface area contributed by atoms with Gasteiger partial charge in [-0.1, -0.05) is 18.2 Å². The number of aromatic nitrogens is 1. The Morgan fingerprint density at radius 1 is 1.33 bits per heavy atom. The Morgan fingerprint density at radius 2 is 2.06 bits per heavy atom. The van der Waals surface area contributed by atoms with Gasteiger partial charge in [0.1, 0.15) is 11.4 Å². The lowest BCUT2D eigenvalue weighted by Gasteiger charge is -2.14. The van der Waals surface area contributed by atoms with Gasteiger partial charge in [-0.2, -0.15) is 9.57 Å². The topological polar surface area (TPSA) is 74.1 Å². The van der Waals surface area contributed by atoms with Crippen molar-refractivity contribution in [2.75, 3.05) is 13.6 Å². The van der Waals surface area contributed by atoms with Crippen molar-refractivity contribution in [3.63, 3.8) is 0 Å². The van der Waals surface area contributed by atoms with Crippen molar-refractivity contribution in [3.05, 3.63) is 36.5 Å². The van der Waals surface area contributed by atoms with Gasteiger partial charge in [0, 0.05) is 18.6 Å². The molecule has 0 bridgehead atoms. The zero-order valence-corrected chi connectivity index (χ0v) is 10.6. The van der Waals surface area contributed by atoms with E-state index in [1.165, 1.54) is 13.1 Å². The van der Waals surface area contributed by atoms with Crippen molar-refractivity contribution in [2.45, 2.75) is 4.90 Å². The number of rotatable bonds is 3. The summed E-state index contributed by atoms with van der Waals surface area (Å²) in [5.41, 5.74) is 0.421. The molecule has 0 aliphatic rings. The van der Waals surface area contributed by atoms with Gasteiger partial charge < -0.3 is 0 Å². The average Bonchev–Trinajstić information content (AvgIpc) is 2.38. The fourth-order valence-electron chi connectivity index (χ4n) is 1.64. The summed E-state index contributed by atoms with van der Waals surface area (Å²) in [4.78, 5) is 4.22. The van der Waals surface area contributed by atoms with E-state index in [-0.39, 0.29) is 11.4 Å². The molecular weight excluding hydrogens is 250 g/mol. The molecule has 92 valence electrons. The van der Waals surface area contributed by atoms with Gasteiger partial charge in [0.05, 0.1) is 11.6 Å². The molecule has 2 aromatic rings. The molecule has 0 N–H and O–H groups in total. The first kappa shape index (κ1) is 12.5. The highest BCUT2D eigenvalue weighted by Crippen LogP contribution is 2.22. The minimum absolute atomic E-state index is 0.123. The number of para-hydroxylation sites is 1. The summed E-state index contributed by atoms with van der Waals surface area (Å²) in [5, 5.41) is 9.34. The quantitative estimate of drug-likeness (QED) is 0.782. The van der Waals surface area contributed by atoms with Crippen molar-refractivity contribution in [3.8, 4) is 6.07 Å². The fraction of sp³-hybridized carbons (Fsp3) is 0.167. The number of fused-ring (bicyclic) bond motifs is 1. The highest BCUT2D eigenvalue weighted by Gasteiger charge is 2.23. The van der Waals surface area contributed by atoms with Gasteiger partial charge in [-0.15, -0.1) is 0 Å². The number of benzene rings is 1. The molecule has 0 spiro atoms. The Hall–Kier alpha value is -1.97. The maximum Gasteiger partial charge on any atom is 0.245 e. The van der Waals surface area contributed by atoms with Gasteiger partial charge in [0.15, 0.2) is 0 Å². The first-order valence-corrected chi connectivity index (χ1v) is 6.68. The van der Waals surface area contributed by atoms with Crippen LogP contribution in [0.5, 0.6) is 0 Å². The van der Waals surface area contributed by atoms with E-state index >= 15 is 0 Å². The number of sulfonamides is 1. The highest BCUT2D eigenvalue weighted by atomic mass is 32.2. The van der Waals surface area contributed by atoms with Crippen LogP contribution in [0.4, 0.5) is 0 Å². The Morgan fingerprint density at radius 3 is 2.78 bits per heavy atom. The molecule has 0 radical (unpaired) electrons. The molecule has 2 rings (SSSR count). The minimum Gasteiger partial charge on any atom is -0.255 e. The summed E-state index contributed by atoms with van der Waals surface area (Å²) in [6, 6.07) is 10.3. The van der Waals surface area contributed by atoms with Gasteiger partial charge in [-0.05, 0) is 12.1 Å². The smallest absolute Gasteiger partial charge is 0.245 e. The predicted molar refractivity (Wildman–Crippen MR) is 67.2 cm³/mol. The second kappa shape index (κ2) is 4.72. The third kappa shape index (κ3) is 2.06. The largest absolute Gasteiger partial charge is 0.255 e. The van der Waals surface area contributed by atoms with Crippen LogP contribution in [-0.2, 0) is 10.0 Å². The second-order valence-electron chi connectivity index (χ2n) is 3.75. The van der Waals surface area contributed by atoms with Crippen LogP contribution < -0.4 is 0 Å². The maximum atomic E-state index is 12.3. The number of pyridine rings is 1. The van der Waals surface area contributed by atoms with Crippen molar-refractivity contribution in [2.24, 2.45) is 0 Å². The van der Waals surface area contributed by atoms with Crippen LogP contribution in [0.25, 0.3) is 10.9 Å². The molecule has 1 aromatic carbocycles. The van der Waals surface area contributed by atoms with E-state index in [4.69, 9.17) is 5.26 Å². The summed E-state index contributed by atoms with van der Waals surface area (Å²) in [6.07, 6.45) is 1.55. The Balaban J connectivity index is 2.65. The van der Waals surface area contributed by atoms with Crippen molar-refractivity contribution in [1.82, 2.24) is 9.29 Å². The van der Waals surface area contributed by atoms with Crippen LogP contribution in [0.2, 0.25) is 0 Å². The van der Waals surface area contributed by atoms with Crippen LogP contribution in [0, 0.1) is 11.3 Å². The molecule has 0 aliphatic heterocycles. The molecule has 0 saturated carbocycles. The third-order valence-corrected chi connectivity index (χ3v) is 4.41. The van der Waals surface area contributed by atoms with Crippen LogP contribution in [0.1, 0.15) is 0 Å². The fourth-order valence-corrected chi connectivity index (χ4v) is 2.87. The summed E-state index contributed by atoms with van der Waals surface area (Å²) in [7, 11) is -2.30. The van der Waals surface area contributed by atoms with Crippen molar-refractivity contribution in [1.29, 1.82) is 5.26 Å². The van der Waals surface area contributed by atoms with Gasteiger partial charge in [-0.25, -0.2) is 8.42 Å². The highest BCUT2D eigenvalue weighted by molar-refractivity contribution is 7.89. The van der Waals surface area contributed by atoms with Gasteiger partial charge in [0.2, 0.25) is 10.0 Å². The van der Waals surface area contributed by atoms with E-state index in [2.05, 4.69) is 4.98 Å². The summed E-state index contributed by atoms with van der Waals surface area (Å²) < 4.78 is 25.6.